The standard InChI is InChI=1S/C23H22N8/c1-15-4-3-5-21(28-15)23-18(13-26-30-23)19-6-7-20-22(29-19)10-16(11-25-20)17-12-27-31(14-17)9-8-24-2/h3-7,10-14,24H,8-9H2,1-2H3,(H,26,30). The van der Waals surface area contributed by atoms with Crippen molar-refractivity contribution in [2.24, 2.45) is 0 Å². The molecule has 0 spiro atoms. The predicted molar refractivity (Wildman–Crippen MR) is 120 cm³/mol. The molecular formula is C23H22N8. The molecule has 0 aliphatic heterocycles. The van der Waals surface area contributed by atoms with E-state index in [2.05, 4.69) is 36.6 Å². The monoisotopic (exact) mass is 410 g/mol. The van der Waals surface area contributed by atoms with E-state index in [1.165, 1.54) is 0 Å². The molecular weight excluding hydrogens is 388 g/mol. The highest BCUT2D eigenvalue weighted by Gasteiger charge is 2.14. The lowest BCUT2D eigenvalue weighted by Gasteiger charge is -2.06. The molecule has 5 aromatic rings. The van der Waals surface area contributed by atoms with Crippen LogP contribution in [0.1, 0.15) is 5.69 Å². The van der Waals surface area contributed by atoms with Crippen LogP contribution in [0.4, 0.5) is 0 Å². The maximum absolute atomic E-state index is 4.88. The molecule has 0 amide bonds. The van der Waals surface area contributed by atoms with Crippen LogP contribution >= 0.6 is 0 Å². The van der Waals surface area contributed by atoms with Crippen LogP contribution in [0.5, 0.6) is 0 Å². The number of hydrogen-bond acceptors (Lipinski definition) is 6. The fraction of sp³-hybridized carbons (Fsp3) is 0.174. The molecule has 8 heteroatoms. The van der Waals surface area contributed by atoms with Gasteiger partial charge < -0.3 is 5.32 Å². The van der Waals surface area contributed by atoms with Crippen molar-refractivity contribution in [3.63, 3.8) is 0 Å². The summed E-state index contributed by atoms with van der Waals surface area (Å²) in [4.78, 5) is 14.1. The van der Waals surface area contributed by atoms with Crippen molar-refractivity contribution in [1.82, 2.24) is 40.2 Å². The molecule has 2 N–H and O–H groups in total. The summed E-state index contributed by atoms with van der Waals surface area (Å²) in [5.74, 6) is 0. The van der Waals surface area contributed by atoms with E-state index < -0.39 is 0 Å². The van der Waals surface area contributed by atoms with E-state index in [0.29, 0.717) is 0 Å². The number of likely N-dealkylation sites (N-methyl/N-ethyl adjacent to an activating group) is 1. The van der Waals surface area contributed by atoms with E-state index in [1.807, 2.05) is 67.6 Å². The number of H-pyrrole nitrogens is 1. The zero-order chi connectivity index (χ0) is 21.2. The normalized spacial score (nSPS) is 11.3. The molecule has 0 aliphatic carbocycles. The van der Waals surface area contributed by atoms with E-state index in [0.717, 1.165) is 63.6 Å². The van der Waals surface area contributed by atoms with Gasteiger partial charge >= 0.3 is 0 Å². The molecule has 5 rings (SSSR count). The fourth-order valence-corrected chi connectivity index (χ4v) is 3.53. The predicted octanol–water partition coefficient (Wildman–Crippen LogP) is 3.47. The number of pyridine rings is 3. The number of rotatable bonds is 6. The second-order valence-corrected chi connectivity index (χ2v) is 7.38. The van der Waals surface area contributed by atoms with Gasteiger partial charge in [-0.3, -0.25) is 19.7 Å². The van der Waals surface area contributed by atoms with Crippen molar-refractivity contribution in [1.29, 1.82) is 0 Å². The smallest absolute Gasteiger partial charge is 0.0928 e. The van der Waals surface area contributed by atoms with E-state index in [1.54, 1.807) is 6.20 Å². The lowest BCUT2D eigenvalue weighted by molar-refractivity contribution is 0.585. The zero-order valence-electron chi connectivity index (χ0n) is 17.4. The molecule has 0 radical (unpaired) electrons. The van der Waals surface area contributed by atoms with Crippen molar-refractivity contribution in [2.75, 3.05) is 13.6 Å². The van der Waals surface area contributed by atoms with Gasteiger partial charge in [-0.1, -0.05) is 6.07 Å². The van der Waals surface area contributed by atoms with Gasteiger partial charge in [0.15, 0.2) is 0 Å². The zero-order valence-corrected chi connectivity index (χ0v) is 17.4. The summed E-state index contributed by atoms with van der Waals surface area (Å²) >= 11 is 0. The third-order valence-electron chi connectivity index (χ3n) is 5.15. The van der Waals surface area contributed by atoms with Crippen LogP contribution in [0.25, 0.3) is 44.8 Å². The molecule has 0 aliphatic rings. The minimum atomic E-state index is 0.816. The Morgan fingerprint density at radius 2 is 1.90 bits per heavy atom. The van der Waals surface area contributed by atoms with Crippen LogP contribution in [0.15, 0.2) is 61.2 Å². The van der Waals surface area contributed by atoms with Gasteiger partial charge in [0.1, 0.15) is 0 Å². The molecule has 0 saturated heterocycles. The third-order valence-corrected chi connectivity index (χ3v) is 5.15. The van der Waals surface area contributed by atoms with Gasteiger partial charge in [-0.15, -0.1) is 0 Å². The quantitative estimate of drug-likeness (QED) is 0.445. The summed E-state index contributed by atoms with van der Waals surface area (Å²) in [5, 5.41) is 14.9. The van der Waals surface area contributed by atoms with Gasteiger partial charge in [-0.05, 0) is 44.3 Å². The average Bonchev–Trinajstić information content (AvgIpc) is 3.47. The van der Waals surface area contributed by atoms with E-state index >= 15 is 0 Å². The average molecular weight is 410 g/mol. The Morgan fingerprint density at radius 1 is 0.968 bits per heavy atom. The first-order valence-corrected chi connectivity index (χ1v) is 10.1. The molecule has 5 heterocycles. The molecule has 0 saturated carbocycles. The van der Waals surface area contributed by atoms with E-state index in [9.17, 15) is 0 Å². The largest absolute Gasteiger partial charge is 0.318 e. The molecule has 8 nitrogen and oxygen atoms in total. The molecule has 0 bridgehead atoms. The number of hydrogen-bond donors (Lipinski definition) is 2. The van der Waals surface area contributed by atoms with Crippen molar-refractivity contribution < 1.29 is 0 Å². The molecule has 31 heavy (non-hydrogen) atoms. The molecule has 0 unspecified atom stereocenters. The minimum Gasteiger partial charge on any atom is -0.318 e. The molecule has 5 aromatic heterocycles. The summed E-state index contributed by atoms with van der Waals surface area (Å²) in [6.07, 6.45) is 7.54. The fourth-order valence-electron chi connectivity index (χ4n) is 3.53. The first-order chi connectivity index (χ1) is 15.2. The van der Waals surface area contributed by atoms with Crippen LogP contribution in [-0.4, -0.2) is 48.5 Å². The Hall–Kier alpha value is -3.91. The van der Waals surface area contributed by atoms with E-state index in [4.69, 9.17) is 4.98 Å². The molecule has 0 fully saturated rings. The first-order valence-electron chi connectivity index (χ1n) is 10.1. The van der Waals surface area contributed by atoms with Gasteiger partial charge in [0, 0.05) is 41.3 Å². The Balaban J connectivity index is 1.52. The molecule has 0 atom stereocenters. The van der Waals surface area contributed by atoms with Crippen LogP contribution in [0.3, 0.4) is 0 Å². The van der Waals surface area contributed by atoms with Crippen molar-refractivity contribution >= 4 is 11.0 Å². The second-order valence-electron chi connectivity index (χ2n) is 7.38. The number of aromatic amines is 1. The number of nitrogens with one attached hydrogen (secondary N) is 2. The van der Waals surface area contributed by atoms with Crippen LogP contribution in [0, 0.1) is 6.92 Å². The highest BCUT2D eigenvalue weighted by Crippen LogP contribution is 2.30. The lowest BCUT2D eigenvalue weighted by Crippen LogP contribution is -2.14. The van der Waals surface area contributed by atoms with Crippen molar-refractivity contribution in [3.8, 4) is 33.8 Å². The maximum atomic E-state index is 4.88. The summed E-state index contributed by atoms with van der Waals surface area (Å²) < 4.78 is 1.92. The Morgan fingerprint density at radius 3 is 2.77 bits per heavy atom. The first kappa shape index (κ1) is 19.1. The Kier molecular flexibility index (Phi) is 4.97. The highest BCUT2D eigenvalue weighted by atomic mass is 15.3. The highest BCUT2D eigenvalue weighted by molar-refractivity contribution is 5.84. The second kappa shape index (κ2) is 8.08. The topological polar surface area (TPSA) is 97.2 Å². The number of aryl methyl sites for hydroxylation is 1. The summed E-state index contributed by atoms with van der Waals surface area (Å²) in [5.41, 5.74) is 8.05. The number of nitrogens with zero attached hydrogens (tertiary/aromatic N) is 6. The molecule has 154 valence electrons. The van der Waals surface area contributed by atoms with Crippen LogP contribution in [-0.2, 0) is 6.54 Å². The number of fused-ring (bicyclic) bond motifs is 1. The Labute approximate surface area is 179 Å². The van der Waals surface area contributed by atoms with Crippen LogP contribution in [0.2, 0.25) is 0 Å². The minimum absolute atomic E-state index is 0.816. The van der Waals surface area contributed by atoms with Crippen molar-refractivity contribution in [2.45, 2.75) is 13.5 Å². The SMILES string of the molecule is CNCCn1cc(-c2cnc3ccc(-c4cn[nH]c4-c4cccc(C)n4)nc3c2)cn1. The van der Waals surface area contributed by atoms with Gasteiger partial charge in [-0.2, -0.15) is 10.2 Å². The van der Waals surface area contributed by atoms with E-state index in [-0.39, 0.29) is 0 Å². The van der Waals surface area contributed by atoms with Gasteiger partial charge in [0.05, 0.1) is 47.1 Å². The molecule has 0 aromatic carbocycles. The number of aromatic nitrogens is 7. The Bertz CT molecular complexity index is 1350. The summed E-state index contributed by atoms with van der Waals surface area (Å²) in [6.45, 7) is 3.66. The summed E-state index contributed by atoms with van der Waals surface area (Å²) in [6, 6.07) is 11.9. The van der Waals surface area contributed by atoms with Gasteiger partial charge in [0.25, 0.3) is 0 Å². The van der Waals surface area contributed by atoms with Gasteiger partial charge in [-0.25, -0.2) is 4.98 Å². The third kappa shape index (κ3) is 3.80. The van der Waals surface area contributed by atoms with Crippen LogP contribution < -0.4 is 5.32 Å². The maximum Gasteiger partial charge on any atom is 0.0928 e. The van der Waals surface area contributed by atoms with Gasteiger partial charge in [0.2, 0.25) is 0 Å². The lowest BCUT2D eigenvalue weighted by atomic mass is 10.1. The van der Waals surface area contributed by atoms with Crippen molar-refractivity contribution in [3.05, 3.63) is 66.9 Å². The summed E-state index contributed by atoms with van der Waals surface area (Å²) in [7, 11) is 1.93.